The van der Waals surface area contributed by atoms with Gasteiger partial charge in [0.25, 0.3) is 0 Å². The van der Waals surface area contributed by atoms with E-state index in [2.05, 4.69) is 32.0 Å². The number of benzene rings is 1. The Balaban J connectivity index is 2.95. The molecule has 0 amide bonds. The van der Waals surface area contributed by atoms with Gasteiger partial charge in [-0.1, -0.05) is 18.2 Å². The molecule has 0 fully saturated rings. The van der Waals surface area contributed by atoms with Crippen molar-refractivity contribution in [2.24, 2.45) is 5.73 Å². The topological polar surface area (TPSA) is 35.2 Å². The predicted octanol–water partition coefficient (Wildman–Crippen LogP) is 1.95. The van der Waals surface area contributed by atoms with E-state index in [0.29, 0.717) is 6.54 Å². The Bertz CT molecular complexity index is 279. The Morgan fingerprint density at radius 1 is 1.31 bits per heavy atom. The van der Waals surface area contributed by atoms with Gasteiger partial charge in [-0.3, -0.25) is 0 Å². The average Bonchev–Trinajstić information content (AvgIpc) is 2.13. The van der Waals surface area contributed by atoms with E-state index < -0.39 is 0 Å². The minimum Gasteiger partial charge on any atom is -0.375 e. The summed E-state index contributed by atoms with van der Waals surface area (Å²) in [5, 5.41) is 0. The maximum absolute atomic E-state index is 5.58. The van der Waals surface area contributed by atoms with E-state index in [9.17, 15) is 0 Å². The normalized spacial score (nSPS) is 12.9. The quantitative estimate of drug-likeness (QED) is 0.769. The largest absolute Gasteiger partial charge is 0.375 e. The molecular weight excluding hydrogens is 162 g/mol. The minimum absolute atomic E-state index is 0.0271. The molecular formula is C11H17NO. The highest BCUT2D eigenvalue weighted by atomic mass is 16.5. The second-order valence-electron chi connectivity index (χ2n) is 3.30. The van der Waals surface area contributed by atoms with Crippen LogP contribution in [0.5, 0.6) is 0 Å². The molecule has 1 aromatic rings. The Morgan fingerprint density at radius 3 is 2.46 bits per heavy atom. The van der Waals surface area contributed by atoms with E-state index in [1.165, 1.54) is 11.1 Å². The first-order valence-corrected chi connectivity index (χ1v) is 4.49. The van der Waals surface area contributed by atoms with Crippen LogP contribution < -0.4 is 5.73 Å². The van der Waals surface area contributed by atoms with Gasteiger partial charge in [-0.15, -0.1) is 0 Å². The summed E-state index contributed by atoms with van der Waals surface area (Å²) in [6, 6.07) is 6.31. The van der Waals surface area contributed by atoms with Crippen LogP contribution in [-0.4, -0.2) is 13.7 Å². The number of aryl methyl sites for hydroxylation is 2. The van der Waals surface area contributed by atoms with Gasteiger partial charge in [0.2, 0.25) is 0 Å². The van der Waals surface area contributed by atoms with Crippen LogP contribution in [0.1, 0.15) is 22.8 Å². The molecule has 1 unspecified atom stereocenters. The molecule has 0 spiro atoms. The van der Waals surface area contributed by atoms with Crippen LogP contribution in [-0.2, 0) is 4.74 Å². The number of methoxy groups -OCH3 is 1. The van der Waals surface area contributed by atoms with E-state index in [1.807, 2.05) is 0 Å². The van der Waals surface area contributed by atoms with Crippen molar-refractivity contribution in [3.05, 3.63) is 34.9 Å². The fourth-order valence-electron chi connectivity index (χ4n) is 1.33. The molecule has 0 aliphatic carbocycles. The maximum atomic E-state index is 5.58. The van der Waals surface area contributed by atoms with Crippen LogP contribution in [0.25, 0.3) is 0 Å². The van der Waals surface area contributed by atoms with Gasteiger partial charge in [0.15, 0.2) is 0 Å². The molecule has 2 nitrogen and oxygen atoms in total. The number of hydrogen-bond donors (Lipinski definition) is 1. The fourth-order valence-corrected chi connectivity index (χ4v) is 1.33. The molecule has 72 valence electrons. The summed E-state index contributed by atoms with van der Waals surface area (Å²) in [4.78, 5) is 0. The maximum Gasteiger partial charge on any atom is 0.0943 e. The first-order valence-electron chi connectivity index (χ1n) is 4.49. The van der Waals surface area contributed by atoms with Gasteiger partial charge in [-0.2, -0.15) is 0 Å². The molecule has 1 atom stereocenters. The molecule has 0 saturated carbocycles. The van der Waals surface area contributed by atoms with Gasteiger partial charge in [-0.05, 0) is 30.5 Å². The lowest BCUT2D eigenvalue weighted by molar-refractivity contribution is 0.110. The SMILES string of the molecule is COC(CN)c1ccc(C)c(C)c1. The summed E-state index contributed by atoms with van der Waals surface area (Å²) in [5.41, 5.74) is 9.33. The van der Waals surface area contributed by atoms with Crippen molar-refractivity contribution >= 4 is 0 Å². The lowest BCUT2D eigenvalue weighted by Crippen LogP contribution is -2.14. The van der Waals surface area contributed by atoms with E-state index in [4.69, 9.17) is 10.5 Å². The molecule has 2 N–H and O–H groups in total. The molecule has 0 aliphatic heterocycles. The van der Waals surface area contributed by atoms with Crippen LogP contribution >= 0.6 is 0 Å². The number of nitrogens with two attached hydrogens (primary N) is 1. The standard InChI is InChI=1S/C11H17NO/c1-8-4-5-10(6-9(8)2)11(7-12)13-3/h4-6,11H,7,12H2,1-3H3. The Labute approximate surface area is 79.7 Å². The van der Waals surface area contributed by atoms with Gasteiger partial charge < -0.3 is 10.5 Å². The van der Waals surface area contributed by atoms with Crippen molar-refractivity contribution in [2.45, 2.75) is 20.0 Å². The molecule has 1 rings (SSSR count). The smallest absolute Gasteiger partial charge is 0.0943 e. The molecule has 0 bridgehead atoms. The zero-order valence-electron chi connectivity index (χ0n) is 8.50. The molecule has 0 radical (unpaired) electrons. The molecule has 0 aliphatic rings. The predicted molar refractivity (Wildman–Crippen MR) is 54.7 cm³/mol. The summed E-state index contributed by atoms with van der Waals surface area (Å²) < 4.78 is 5.26. The van der Waals surface area contributed by atoms with E-state index in [0.717, 1.165) is 5.56 Å². The third kappa shape index (κ3) is 2.29. The molecule has 1 aromatic carbocycles. The van der Waals surface area contributed by atoms with Crippen molar-refractivity contribution in [3.8, 4) is 0 Å². The van der Waals surface area contributed by atoms with E-state index in [-0.39, 0.29) is 6.10 Å². The summed E-state index contributed by atoms with van der Waals surface area (Å²) in [7, 11) is 1.69. The molecule has 13 heavy (non-hydrogen) atoms. The lowest BCUT2D eigenvalue weighted by Gasteiger charge is -2.14. The summed E-state index contributed by atoms with van der Waals surface area (Å²) in [5.74, 6) is 0. The highest BCUT2D eigenvalue weighted by molar-refractivity contribution is 5.31. The molecule has 0 heterocycles. The van der Waals surface area contributed by atoms with Crippen molar-refractivity contribution in [1.29, 1.82) is 0 Å². The van der Waals surface area contributed by atoms with Crippen molar-refractivity contribution in [2.75, 3.05) is 13.7 Å². The zero-order valence-corrected chi connectivity index (χ0v) is 8.50. The number of hydrogen-bond acceptors (Lipinski definition) is 2. The van der Waals surface area contributed by atoms with Gasteiger partial charge in [0.1, 0.15) is 0 Å². The van der Waals surface area contributed by atoms with Crippen LogP contribution in [0, 0.1) is 13.8 Å². The van der Waals surface area contributed by atoms with Gasteiger partial charge in [0, 0.05) is 13.7 Å². The Kier molecular flexibility index (Phi) is 3.46. The van der Waals surface area contributed by atoms with E-state index in [1.54, 1.807) is 7.11 Å². The third-order valence-electron chi connectivity index (χ3n) is 2.40. The monoisotopic (exact) mass is 179 g/mol. The first-order chi connectivity index (χ1) is 6.19. The van der Waals surface area contributed by atoms with Crippen molar-refractivity contribution in [3.63, 3.8) is 0 Å². The van der Waals surface area contributed by atoms with Crippen LogP contribution in [0.3, 0.4) is 0 Å². The third-order valence-corrected chi connectivity index (χ3v) is 2.40. The van der Waals surface area contributed by atoms with E-state index >= 15 is 0 Å². The Hall–Kier alpha value is -0.860. The average molecular weight is 179 g/mol. The molecule has 2 heteroatoms. The summed E-state index contributed by atoms with van der Waals surface area (Å²) in [6.45, 7) is 4.73. The van der Waals surface area contributed by atoms with Gasteiger partial charge in [0.05, 0.1) is 6.10 Å². The lowest BCUT2D eigenvalue weighted by atomic mass is 10.0. The highest BCUT2D eigenvalue weighted by Gasteiger charge is 2.07. The highest BCUT2D eigenvalue weighted by Crippen LogP contribution is 2.18. The van der Waals surface area contributed by atoms with Gasteiger partial charge in [-0.25, -0.2) is 0 Å². The summed E-state index contributed by atoms with van der Waals surface area (Å²) in [6.07, 6.45) is 0.0271. The van der Waals surface area contributed by atoms with Crippen molar-refractivity contribution in [1.82, 2.24) is 0 Å². The number of ether oxygens (including phenoxy) is 1. The molecule has 0 aromatic heterocycles. The van der Waals surface area contributed by atoms with Crippen LogP contribution in [0.15, 0.2) is 18.2 Å². The zero-order chi connectivity index (χ0) is 9.84. The number of rotatable bonds is 3. The fraction of sp³-hybridized carbons (Fsp3) is 0.455. The van der Waals surface area contributed by atoms with Gasteiger partial charge >= 0.3 is 0 Å². The van der Waals surface area contributed by atoms with Crippen molar-refractivity contribution < 1.29 is 4.74 Å². The van der Waals surface area contributed by atoms with Crippen LogP contribution in [0.4, 0.5) is 0 Å². The second-order valence-corrected chi connectivity index (χ2v) is 3.30. The van der Waals surface area contributed by atoms with Crippen LogP contribution in [0.2, 0.25) is 0 Å². The summed E-state index contributed by atoms with van der Waals surface area (Å²) >= 11 is 0. The second kappa shape index (κ2) is 4.40. The first kappa shape index (κ1) is 10.2. The minimum atomic E-state index is 0.0271. The molecule has 0 saturated heterocycles. The Morgan fingerprint density at radius 2 is 2.00 bits per heavy atom.